The predicted octanol–water partition coefficient (Wildman–Crippen LogP) is 1.75. The van der Waals surface area contributed by atoms with Gasteiger partial charge < -0.3 is 9.57 Å². The highest BCUT2D eigenvalue weighted by Crippen LogP contribution is 2.34. The molecule has 0 atom stereocenters. The number of carbonyl (C=O) groups excluding carboxylic acids is 1. The summed E-state index contributed by atoms with van der Waals surface area (Å²) in [6.07, 6.45) is 0.613. The van der Waals surface area contributed by atoms with E-state index in [1.807, 2.05) is 23.5 Å². The van der Waals surface area contributed by atoms with Crippen LogP contribution in [-0.2, 0) is 14.4 Å². The van der Waals surface area contributed by atoms with Crippen LogP contribution in [0.25, 0.3) is 0 Å². The summed E-state index contributed by atoms with van der Waals surface area (Å²) in [5, 5.41) is 3.72. The van der Waals surface area contributed by atoms with Crippen LogP contribution in [0.2, 0.25) is 0 Å². The minimum absolute atomic E-state index is 0.368. The van der Waals surface area contributed by atoms with E-state index in [2.05, 4.69) is 9.99 Å². The number of rotatable bonds is 5. The second-order valence-corrected chi connectivity index (χ2v) is 5.74. The highest BCUT2D eigenvalue weighted by Gasteiger charge is 2.23. The summed E-state index contributed by atoms with van der Waals surface area (Å²) >= 11 is 3.70. The van der Waals surface area contributed by atoms with E-state index in [9.17, 15) is 4.79 Å². The Labute approximate surface area is 98.1 Å². The molecular formula is C9H15NO3S2. The van der Waals surface area contributed by atoms with Crippen molar-refractivity contribution in [3.63, 3.8) is 0 Å². The van der Waals surface area contributed by atoms with Gasteiger partial charge in [-0.25, -0.2) is 4.79 Å². The fourth-order valence-electron chi connectivity index (χ4n) is 1.17. The fraction of sp³-hybridized carbons (Fsp3) is 0.778. The first-order chi connectivity index (χ1) is 7.27. The van der Waals surface area contributed by atoms with Crippen LogP contribution in [0, 0.1) is 0 Å². The average Bonchev–Trinajstić information content (AvgIpc) is 2.70. The van der Waals surface area contributed by atoms with E-state index >= 15 is 0 Å². The molecule has 6 heteroatoms. The van der Waals surface area contributed by atoms with Crippen LogP contribution in [0.5, 0.6) is 0 Å². The summed E-state index contributed by atoms with van der Waals surface area (Å²) < 4.78 is 5.30. The van der Waals surface area contributed by atoms with Gasteiger partial charge in [0.1, 0.15) is 7.11 Å². The lowest BCUT2D eigenvalue weighted by atomic mass is 10.3. The maximum Gasteiger partial charge on any atom is 0.356 e. The maximum absolute atomic E-state index is 11.5. The Morgan fingerprint density at radius 3 is 2.67 bits per heavy atom. The molecule has 15 heavy (non-hydrogen) atoms. The molecule has 1 aliphatic rings. The maximum atomic E-state index is 11.5. The van der Waals surface area contributed by atoms with Crippen molar-refractivity contribution in [2.45, 2.75) is 17.9 Å². The minimum Gasteiger partial charge on any atom is -0.461 e. The smallest absolute Gasteiger partial charge is 0.356 e. The highest BCUT2D eigenvalue weighted by molar-refractivity contribution is 8.20. The third-order valence-electron chi connectivity index (χ3n) is 1.76. The molecule has 1 saturated heterocycles. The molecular weight excluding hydrogens is 234 g/mol. The van der Waals surface area contributed by atoms with Crippen LogP contribution in [0.4, 0.5) is 0 Å². The van der Waals surface area contributed by atoms with Gasteiger partial charge in [0.05, 0.1) is 11.2 Å². The van der Waals surface area contributed by atoms with Crippen LogP contribution in [-0.4, -0.2) is 41.5 Å². The van der Waals surface area contributed by atoms with E-state index in [1.54, 1.807) is 6.92 Å². The molecule has 0 spiro atoms. The molecule has 86 valence electrons. The van der Waals surface area contributed by atoms with Gasteiger partial charge in [0.25, 0.3) is 0 Å². The second kappa shape index (κ2) is 7.00. The molecule has 4 nitrogen and oxygen atoms in total. The Kier molecular flexibility index (Phi) is 5.93. The molecule has 1 fully saturated rings. The molecule has 0 aliphatic carbocycles. The lowest BCUT2D eigenvalue weighted by Gasteiger charge is -2.08. The monoisotopic (exact) mass is 249 g/mol. The molecule has 0 amide bonds. The van der Waals surface area contributed by atoms with Gasteiger partial charge in [-0.1, -0.05) is 5.16 Å². The van der Waals surface area contributed by atoms with Gasteiger partial charge in [0.2, 0.25) is 0 Å². The number of ether oxygens (including phenoxy) is 1. The van der Waals surface area contributed by atoms with E-state index in [-0.39, 0.29) is 5.97 Å². The summed E-state index contributed by atoms with van der Waals surface area (Å²) in [6, 6.07) is 0. The van der Waals surface area contributed by atoms with Gasteiger partial charge in [0.15, 0.2) is 5.71 Å². The quantitative estimate of drug-likeness (QED) is 0.422. The topological polar surface area (TPSA) is 47.9 Å². The molecule has 0 N–H and O–H groups in total. The summed E-state index contributed by atoms with van der Waals surface area (Å²) in [4.78, 5) is 16.1. The van der Waals surface area contributed by atoms with Crippen LogP contribution in [0.15, 0.2) is 5.16 Å². The van der Waals surface area contributed by atoms with Gasteiger partial charge >= 0.3 is 5.97 Å². The summed E-state index contributed by atoms with van der Waals surface area (Å²) in [6.45, 7) is 2.15. The SMILES string of the molecule is CCOC(=O)C(CC1SCCS1)=NOC. The van der Waals surface area contributed by atoms with E-state index in [1.165, 1.54) is 7.11 Å². The van der Waals surface area contributed by atoms with Crippen molar-refractivity contribution in [3.8, 4) is 0 Å². The number of oxime groups is 1. The van der Waals surface area contributed by atoms with Crippen molar-refractivity contribution in [3.05, 3.63) is 0 Å². The molecule has 0 aromatic carbocycles. The first-order valence-corrected chi connectivity index (χ1v) is 6.88. The van der Waals surface area contributed by atoms with Crippen molar-refractivity contribution in [1.82, 2.24) is 0 Å². The van der Waals surface area contributed by atoms with Gasteiger partial charge in [-0.15, -0.1) is 23.5 Å². The van der Waals surface area contributed by atoms with Gasteiger partial charge in [-0.2, -0.15) is 0 Å². The average molecular weight is 249 g/mol. The number of hydrogen-bond acceptors (Lipinski definition) is 6. The molecule has 0 aromatic heterocycles. The lowest BCUT2D eigenvalue weighted by Crippen LogP contribution is -2.20. The third kappa shape index (κ3) is 4.34. The first kappa shape index (κ1) is 12.7. The van der Waals surface area contributed by atoms with E-state index in [0.29, 0.717) is 23.3 Å². The molecule has 0 aromatic rings. The van der Waals surface area contributed by atoms with E-state index in [4.69, 9.17) is 4.74 Å². The van der Waals surface area contributed by atoms with Crippen LogP contribution >= 0.6 is 23.5 Å². The van der Waals surface area contributed by atoms with Gasteiger partial charge in [-0.3, -0.25) is 0 Å². The summed E-state index contributed by atoms with van der Waals surface area (Å²) in [5.74, 6) is 1.91. The number of carbonyl (C=O) groups is 1. The highest BCUT2D eigenvalue weighted by atomic mass is 32.2. The number of nitrogens with zero attached hydrogens (tertiary/aromatic N) is 1. The largest absolute Gasteiger partial charge is 0.461 e. The normalized spacial score (nSPS) is 17.9. The molecule has 0 bridgehead atoms. The standard InChI is InChI=1S/C9H15NO3S2/c1-3-13-9(11)7(10-12-2)6-8-14-4-5-15-8/h8H,3-6H2,1-2H3. The number of esters is 1. The van der Waals surface area contributed by atoms with Gasteiger partial charge in [-0.05, 0) is 6.92 Å². The zero-order valence-electron chi connectivity index (χ0n) is 8.89. The molecule has 1 aliphatic heterocycles. The Balaban J connectivity index is 2.49. The lowest BCUT2D eigenvalue weighted by molar-refractivity contribution is -0.135. The Bertz CT molecular complexity index is 240. The molecule has 0 unspecified atom stereocenters. The molecule has 0 radical (unpaired) electrons. The summed E-state index contributed by atoms with van der Waals surface area (Å²) in [7, 11) is 1.44. The Morgan fingerprint density at radius 1 is 1.47 bits per heavy atom. The zero-order valence-corrected chi connectivity index (χ0v) is 10.5. The van der Waals surface area contributed by atoms with Crippen molar-refractivity contribution >= 4 is 35.2 Å². The summed E-state index contributed by atoms with van der Waals surface area (Å²) in [5.41, 5.74) is 0.381. The van der Waals surface area contributed by atoms with Crippen molar-refractivity contribution in [1.29, 1.82) is 0 Å². The Hall–Kier alpha value is -0.360. The third-order valence-corrected chi connectivity index (χ3v) is 4.79. The molecule has 1 rings (SSSR count). The Morgan fingerprint density at radius 2 is 2.13 bits per heavy atom. The second-order valence-electron chi connectivity index (χ2n) is 2.82. The van der Waals surface area contributed by atoms with Crippen molar-refractivity contribution in [2.24, 2.45) is 5.16 Å². The number of thioether (sulfide) groups is 2. The van der Waals surface area contributed by atoms with Crippen LogP contribution in [0.3, 0.4) is 0 Å². The van der Waals surface area contributed by atoms with E-state index in [0.717, 1.165) is 11.5 Å². The van der Waals surface area contributed by atoms with Gasteiger partial charge in [0, 0.05) is 17.9 Å². The zero-order chi connectivity index (χ0) is 11.1. The van der Waals surface area contributed by atoms with Crippen LogP contribution in [0.1, 0.15) is 13.3 Å². The van der Waals surface area contributed by atoms with Crippen molar-refractivity contribution in [2.75, 3.05) is 25.2 Å². The molecule has 1 heterocycles. The minimum atomic E-state index is -0.368. The first-order valence-electron chi connectivity index (χ1n) is 4.78. The number of hydrogen-bond donors (Lipinski definition) is 0. The van der Waals surface area contributed by atoms with Crippen molar-refractivity contribution < 1.29 is 14.4 Å². The van der Waals surface area contributed by atoms with Crippen LogP contribution < -0.4 is 0 Å². The van der Waals surface area contributed by atoms with E-state index < -0.39 is 0 Å². The molecule has 0 saturated carbocycles. The fourth-order valence-corrected chi connectivity index (χ4v) is 3.97. The predicted molar refractivity (Wildman–Crippen MR) is 64.4 cm³/mol.